The summed E-state index contributed by atoms with van der Waals surface area (Å²) in [7, 11) is 0. The summed E-state index contributed by atoms with van der Waals surface area (Å²) in [6.07, 6.45) is 9.18. The van der Waals surface area contributed by atoms with Crippen molar-refractivity contribution < 1.29 is 4.79 Å². The van der Waals surface area contributed by atoms with Gasteiger partial charge in [0.25, 0.3) is 0 Å². The molecule has 27 heavy (non-hydrogen) atoms. The van der Waals surface area contributed by atoms with Crippen LogP contribution in [0.2, 0.25) is 0 Å². The van der Waals surface area contributed by atoms with Crippen LogP contribution in [-0.2, 0) is 4.79 Å². The molecular weight excluding hydrogens is 338 g/mol. The lowest BCUT2D eigenvalue weighted by Crippen LogP contribution is -2.40. The number of likely N-dealkylation sites (tertiary alicyclic amines) is 1. The number of unbranched alkanes of at least 4 members (excludes halogenated alkanes) is 2. The number of guanidine groups is 1. The van der Waals surface area contributed by atoms with Crippen molar-refractivity contribution in [1.82, 2.24) is 15.5 Å². The van der Waals surface area contributed by atoms with E-state index >= 15 is 0 Å². The SMILES string of the molecule is CCCCC(CC)CN=C(NCC)NCCCCN1CCC(C(N)=O)CC1. The van der Waals surface area contributed by atoms with Crippen LogP contribution in [0.4, 0.5) is 0 Å². The fourth-order valence-electron chi connectivity index (χ4n) is 3.59. The Morgan fingerprint density at radius 3 is 2.48 bits per heavy atom. The molecule has 1 saturated heterocycles. The molecule has 1 aliphatic rings. The van der Waals surface area contributed by atoms with E-state index in [0.29, 0.717) is 5.92 Å². The maximum absolute atomic E-state index is 11.2. The van der Waals surface area contributed by atoms with E-state index in [1.807, 2.05) is 0 Å². The van der Waals surface area contributed by atoms with Crippen molar-refractivity contribution in [1.29, 1.82) is 0 Å². The number of aliphatic imine (C=N–C) groups is 1. The zero-order valence-electron chi connectivity index (χ0n) is 17.9. The highest BCUT2D eigenvalue weighted by Crippen LogP contribution is 2.16. The summed E-state index contributed by atoms with van der Waals surface area (Å²) in [5.41, 5.74) is 5.40. The van der Waals surface area contributed by atoms with E-state index in [0.717, 1.165) is 64.5 Å². The number of nitrogens with one attached hydrogen (secondary N) is 2. The summed E-state index contributed by atoms with van der Waals surface area (Å²) in [5, 5.41) is 6.83. The molecule has 1 amide bonds. The number of rotatable bonds is 13. The topological polar surface area (TPSA) is 82.8 Å². The first-order chi connectivity index (χ1) is 13.1. The van der Waals surface area contributed by atoms with Crippen molar-refractivity contribution >= 4 is 11.9 Å². The third-order valence-electron chi connectivity index (χ3n) is 5.58. The van der Waals surface area contributed by atoms with Gasteiger partial charge in [0.1, 0.15) is 0 Å². The Hall–Kier alpha value is -1.30. The molecule has 158 valence electrons. The molecule has 0 radical (unpaired) electrons. The Morgan fingerprint density at radius 2 is 1.89 bits per heavy atom. The highest BCUT2D eigenvalue weighted by Gasteiger charge is 2.22. The van der Waals surface area contributed by atoms with Crippen molar-refractivity contribution in [2.24, 2.45) is 22.6 Å². The number of carbonyl (C=O) groups excluding carboxylic acids is 1. The molecule has 1 rings (SSSR count). The minimum absolute atomic E-state index is 0.0890. The number of hydrogen-bond donors (Lipinski definition) is 3. The van der Waals surface area contributed by atoms with Gasteiger partial charge < -0.3 is 21.3 Å². The molecule has 1 unspecified atom stereocenters. The molecule has 0 aromatic carbocycles. The Kier molecular flexibility index (Phi) is 12.9. The predicted molar refractivity (Wildman–Crippen MR) is 115 cm³/mol. The molecule has 6 heteroatoms. The molecule has 0 aliphatic carbocycles. The van der Waals surface area contributed by atoms with E-state index in [9.17, 15) is 4.79 Å². The van der Waals surface area contributed by atoms with Crippen molar-refractivity contribution in [2.75, 3.05) is 39.3 Å². The highest BCUT2D eigenvalue weighted by atomic mass is 16.1. The lowest BCUT2D eigenvalue weighted by Gasteiger charge is -2.30. The van der Waals surface area contributed by atoms with E-state index < -0.39 is 0 Å². The van der Waals surface area contributed by atoms with E-state index in [1.54, 1.807) is 0 Å². The van der Waals surface area contributed by atoms with Crippen LogP contribution in [0.15, 0.2) is 4.99 Å². The summed E-state index contributed by atoms with van der Waals surface area (Å²) in [6, 6.07) is 0. The number of hydrogen-bond acceptors (Lipinski definition) is 3. The van der Waals surface area contributed by atoms with E-state index in [-0.39, 0.29) is 11.8 Å². The van der Waals surface area contributed by atoms with Gasteiger partial charge in [0.05, 0.1) is 0 Å². The third-order valence-corrected chi connectivity index (χ3v) is 5.58. The molecule has 4 N–H and O–H groups in total. The van der Waals surface area contributed by atoms with Crippen molar-refractivity contribution in [3.8, 4) is 0 Å². The standard InChI is InChI=1S/C21H43N5O/c1-4-7-10-18(5-2)17-25-21(23-6-3)24-13-8-9-14-26-15-11-19(12-16-26)20(22)27/h18-19H,4-17H2,1-3H3,(H2,22,27)(H2,23,24,25). The molecule has 1 fully saturated rings. The molecule has 6 nitrogen and oxygen atoms in total. The Balaban J connectivity index is 2.20. The van der Waals surface area contributed by atoms with Gasteiger partial charge in [0.2, 0.25) is 5.91 Å². The van der Waals surface area contributed by atoms with E-state index in [4.69, 9.17) is 10.7 Å². The first-order valence-corrected chi connectivity index (χ1v) is 11.1. The van der Waals surface area contributed by atoms with Crippen LogP contribution >= 0.6 is 0 Å². The summed E-state index contributed by atoms with van der Waals surface area (Å²) >= 11 is 0. The summed E-state index contributed by atoms with van der Waals surface area (Å²) in [4.78, 5) is 18.5. The normalized spacial score (nSPS) is 17.7. The smallest absolute Gasteiger partial charge is 0.220 e. The van der Waals surface area contributed by atoms with Crippen molar-refractivity contribution in [3.05, 3.63) is 0 Å². The van der Waals surface area contributed by atoms with Crippen LogP contribution < -0.4 is 16.4 Å². The molecule has 0 bridgehead atoms. The van der Waals surface area contributed by atoms with Gasteiger partial charge in [-0.1, -0.05) is 33.1 Å². The third kappa shape index (κ3) is 10.6. The zero-order chi connectivity index (χ0) is 19.9. The van der Waals surface area contributed by atoms with Gasteiger partial charge in [-0.15, -0.1) is 0 Å². The number of primary amides is 1. The Morgan fingerprint density at radius 1 is 1.15 bits per heavy atom. The maximum atomic E-state index is 11.2. The molecule has 0 aromatic rings. The number of nitrogens with two attached hydrogens (primary N) is 1. The van der Waals surface area contributed by atoms with Gasteiger partial charge in [0.15, 0.2) is 5.96 Å². The maximum Gasteiger partial charge on any atom is 0.220 e. The summed E-state index contributed by atoms with van der Waals surface area (Å²) in [6.45, 7) is 12.5. The van der Waals surface area contributed by atoms with Crippen LogP contribution in [0.25, 0.3) is 0 Å². The summed E-state index contributed by atoms with van der Waals surface area (Å²) < 4.78 is 0. The molecule has 1 atom stereocenters. The first-order valence-electron chi connectivity index (χ1n) is 11.1. The number of amides is 1. The van der Waals surface area contributed by atoms with Gasteiger partial charge >= 0.3 is 0 Å². The largest absolute Gasteiger partial charge is 0.369 e. The first kappa shape index (κ1) is 23.7. The van der Waals surface area contributed by atoms with E-state index in [2.05, 4.69) is 36.3 Å². The quantitative estimate of drug-likeness (QED) is 0.260. The molecule has 0 saturated carbocycles. The second-order valence-electron chi connectivity index (χ2n) is 7.79. The monoisotopic (exact) mass is 381 g/mol. The number of piperidine rings is 1. The average Bonchev–Trinajstić information content (AvgIpc) is 2.68. The van der Waals surface area contributed by atoms with Gasteiger partial charge in [0, 0.05) is 25.6 Å². The highest BCUT2D eigenvalue weighted by molar-refractivity contribution is 5.79. The Labute approximate surface area is 166 Å². The second kappa shape index (κ2) is 14.7. The average molecular weight is 382 g/mol. The van der Waals surface area contributed by atoms with Crippen LogP contribution in [-0.4, -0.2) is 56.0 Å². The van der Waals surface area contributed by atoms with Crippen LogP contribution in [0.5, 0.6) is 0 Å². The fraction of sp³-hybridized carbons (Fsp3) is 0.905. The number of nitrogens with zero attached hydrogens (tertiary/aromatic N) is 2. The molecule has 1 aliphatic heterocycles. The lowest BCUT2D eigenvalue weighted by molar-refractivity contribution is -0.123. The van der Waals surface area contributed by atoms with Crippen LogP contribution in [0.1, 0.15) is 72.1 Å². The van der Waals surface area contributed by atoms with Crippen LogP contribution in [0.3, 0.4) is 0 Å². The molecular formula is C21H43N5O. The van der Waals surface area contributed by atoms with Gasteiger partial charge in [-0.05, 0) is 64.6 Å². The molecule has 0 spiro atoms. The van der Waals surface area contributed by atoms with Gasteiger partial charge in [-0.25, -0.2) is 0 Å². The van der Waals surface area contributed by atoms with E-state index in [1.165, 1.54) is 32.1 Å². The fourth-order valence-corrected chi connectivity index (χ4v) is 3.59. The minimum Gasteiger partial charge on any atom is -0.369 e. The number of carbonyl (C=O) groups is 1. The van der Waals surface area contributed by atoms with Crippen molar-refractivity contribution in [2.45, 2.75) is 72.1 Å². The minimum atomic E-state index is -0.130. The second-order valence-corrected chi connectivity index (χ2v) is 7.79. The molecule has 0 aromatic heterocycles. The zero-order valence-corrected chi connectivity index (χ0v) is 17.9. The van der Waals surface area contributed by atoms with Gasteiger partial charge in [-0.2, -0.15) is 0 Å². The lowest BCUT2D eigenvalue weighted by atomic mass is 9.96. The Bertz CT molecular complexity index is 419. The van der Waals surface area contributed by atoms with Crippen LogP contribution in [0, 0.1) is 11.8 Å². The predicted octanol–water partition coefficient (Wildman–Crippen LogP) is 2.74. The summed E-state index contributed by atoms with van der Waals surface area (Å²) in [5.74, 6) is 1.61. The van der Waals surface area contributed by atoms with Gasteiger partial charge in [-0.3, -0.25) is 9.79 Å². The van der Waals surface area contributed by atoms with Crippen molar-refractivity contribution in [3.63, 3.8) is 0 Å². The molecule has 1 heterocycles.